The molecule has 0 spiro atoms. The molecule has 0 aromatic heterocycles. The van der Waals surface area contributed by atoms with Gasteiger partial charge in [-0.15, -0.1) is 0 Å². The van der Waals surface area contributed by atoms with Crippen molar-refractivity contribution in [3.63, 3.8) is 0 Å². The highest BCUT2D eigenvalue weighted by Crippen LogP contribution is 2.25. The van der Waals surface area contributed by atoms with E-state index < -0.39 is 28.4 Å². The molecular formula is C23H22N2O5S. The molecule has 0 aliphatic heterocycles. The zero-order chi connectivity index (χ0) is 22.6. The van der Waals surface area contributed by atoms with Gasteiger partial charge in [-0.05, 0) is 50.2 Å². The fraction of sp³-hybridized carbons (Fsp3) is 0.130. The number of carbonyl (C=O) groups is 2. The molecule has 0 unspecified atom stereocenters. The molecule has 3 aromatic rings. The number of carboxylic acid groups (broad SMARTS) is 1. The first kappa shape index (κ1) is 22.0. The normalized spacial score (nSPS) is 11.0. The predicted octanol–water partition coefficient (Wildman–Crippen LogP) is 3.84. The van der Waals surface area contributed by atoms with Crippen LogP contribution in [0.5, 0.6) is 0 Å². The van der Waals surface area contributed by atoms with Gasteiger partial charge < -0.3 is 10.4 Å². The number of nitrogens with one attached hydrogen (secondary N) is 1. The Labute approximate surface area is 181 Å². The van der Waals surface area contributed by atoms with E-state index in [4.69, 9.17) is 0 Å². The van der Waals surface area contributed by atoms with Crippen LogP contribution < -0.4 is 9.62 Å². The number of sulfonamides is 1. The Morgan fingerprint density at radius 3 is 2.00 bits per heavy atom. The zero-order valence-electron chi connectivity index (χ0n) is 17.1. The van der Waals surface area contributed by atoms with Crippen LogP contribution in [0, 0.1) is 13.8 Å². The van der Waals surface area contributed by atoms with E-state index in [1.807, 2.05) is 13.8 Å². The third-order valence-electron chi connectivity index (χ3n) is 4.65. The lowest BCUT2D eigenvalue weighted by atomic mass is 10.2. The molecule has 0 fully saturated rings. The highest BCUT2D eigenvalue weighted by molar-refractivity contribution is 7.92. The SMILES string of the molecule is Cc1ccc(N(CC(=O)Nc2ccccc2C(=O)O)S(=O)(=O)c2ccc(C)cc2)cc1. The Hall–Kier alpha value is -3.65. The van der Waals surface area contributed by atoms with Gasteiger partial charge in [0.15, 0.2) is 0 Å². The highest BCUT2D eigenvalue weighted by Gasteiger charge is 2.27. The minimum absolute atomic E-state index is 0.0532. The lowest BCUT2D eigenvalue weighted by molar-refractivity contribution is -0.114. The molecule has 0 saturated carbocycles. The van der Waals surface area contributed by atoms with Crippen LogP contribution in [0.4, 0.5) is 11.4 Å². The van der Waals surface area contributed by atoms with Crippen molar-refractivity contribution < 1.29 is 23.1 Å². The fourth-order valence-corrected chi connectivity index (χ4v) is 4.38. The second kappa shape index (κ2) is 9.01. The fourth-order valence-electron chi connectivity index (χ4n) is 2.96. The quantitative estimate of drug-likeness (QED) is 0.583. The molecule has 0 radical (unpaired) electrons. The lowest BCUT2D eigenvalue weighted by Gasteiger charge is -2.24. The largest absolute Gasteiger partial charge is 0.478 e. The van der Waals surface area contributed by atoms with Crippen LogP contribution in [0.1, 0.15) is 21.5 Å². The molecule has 2 N–H and O–H groups in total. The predicted molar refractivity (Wildman–Crippen MR) is 119 cm³/mol. The van der Waals surface area contributed by atoms with Crippen LogP contribution in [-0.2, 0) is 14.8 Å². The maximum atomic E-state index is 13.3. The molecule has 31 heavy (non-hydrogen) atoms. The summed E-state index contributed by atoms with van der Waals surface area (Å²) in [5.41, 5.74) is 2.18. The second-order valence-electron chi connectivity index (χ2n) is 7.06. The Morgan fingerprint density at radius 1 is 0.871 bits per heavy atom. The van der Waals surface area contributed by atoms with Gasteiger partial charge in [-0.2, -0.15) is 0 Å². The maximum absolute atomic E-state index is 13.3. The summed E-state index contributed by atoms with van der Waals surface area (Å²) < 4.78 is 27.7. The molecule has 0 saturated heterocycles. The van der Waals surface area contributed by atoms with E-state index in [0.29, 0.717) is 5.69 Å². The molecule has 0 aliphatic rings. The number of para-hydroxylation sites is 1. The van der Waals surface area contributed by atoms with E-state index in [9.17, 15) is 23.1 Å². The number of anilines is 2. The van der Waals surface area contributed by atoms with Crippen molar-refractivity contribution in [2.75, 3.05) is 16.2 Å². The Kier molecular flexibility index (Phi) is 6.41. The summed E-state index contributed by atoms with van der Waals surface area (Å²) in [4.78, 5) is 24.2. The average Bonchev–Trinajstić information content (AvgIpc) is 2.73. The molecule has 8 heteroatoms. The van der Waals surface area contributed by atoms with Gasteiger partial charge in [0.1, 0.15) is 6.54 Å². The standard InChI is InChI=1S/C23H22N2O5S/c1-16-7-11-18(12-8-16)25(31(29,30)19-13-9-17(2)10-14-19)15-22(26)24-21-6-4-3-5-20(21)23(27)28/h3-14H,15H2,1-2H3,(H,24,26)(H,27,28). The minimum atomic E-state index is -4.04. The van der Waals surface area contributed by atoms with Crippen molar-refractivity contribution in [1.29, 1.82) is 0 Å². The van der Waals surface area contributed by atoms with Crippen molar-refractivity contribution >= 4 is 33.3 Å². The van der Waals surface area contributed by atoms with Gasteiger partial charge in [0, 0.05) is 0 Å². The number of hydrogen-bond donors (Lipinski definition) is 2. The molecule has 7 nitrogen and oxygen atoms in total. The number of rotatable bonds is 7. The molecule has 160 valence electrons. The topological polar surface area (TPSA) is 104 Å². The number of hydrogen-bond acceptors (Lipinski definition) is 4. The van der Waals surface area contributed by atoms with Gasteiger partial charge >= 0.3 is 5.97 Å². The second-order valence-corrected chi connectivity index (χ2v) is 8.92. The molecule has 3 rings (SSSR count). The van der Waals surface area contributed by atoms with E-state index in [1.54, 1.807) is 48.5 Å². The van der Waals surface area contributed by atoms with Gasteiger partial charge in [0.2, 0.25) is 5.91 Å². The summed E-state index contributed by atoms with van der Waals surface area (Å²) >= 11 is 0. The summed E-state index contributed by atoms with van der Waals surface area (Å²) in [6.45, 7) is 3.20. The van der Waals surface area contributed by atoms with E-state index in [1.165, 1.54) is 24.3 Å². The third-order valence-corrected chi connectivity index (χ3v) is 6.44. The van der Waals surface area contributed by atoms with Gasteiger partial charge in [-0.3, -0.25) is 9.10 Å². The summed E-state index contributed by atoms with van der Waals surface area (Å²) in [5.74, 6) is -1.86. The number of nitrogens with zero attached hydrogens (tertiary/aromatic N) is 1. The molecule has 0 heterocycles. The summed E-state index contributed by atoms with van der Waals surface area (Å²) in [6.07, 6.45) is 0. The smallest absolute Gasteiger partial charge is 0.337 e. The van der Waals surface area contributed by atoms with Crippen LogP contribution in [0.2, 0.25) is 0 Å². The van der Waals surface area contributed by atoms with Gasteiger partial charge in [0.05, 0.1) is 21.8 Å². The van der Waals surface area contributed by atoms with Crippen molar-refractivity contribution in [3.8, 4) is 0 Å². The Balaban J connectivity index is 1.96. The first-order valence-corrected chi connectivity index (χ1v) is 10.9. The highest BCUT2D eigenvalue weighted by atomic mass is 32.2. The average molecular weight is 439 g/mol. The van der Waals surface area contributed by atoms with Crippen LogP contribution >= 0.6 is 0 Å². The van der Waals surface area contributed by atoms with Crippen LogP contribution in [-0.4, -0.2) is 31.9 Å². The molecule has 0 aliphatic carbocycles. The molecule has 0 atom stereocenters. The third kappa shape index (κ3) is 5.10. The molecule has 0 bridgehead atoms. The Morgan fingerprint density at radius 2 is 1.42 bits per heavy atom. The van der Waals surface area contributed by atoms with E-state index in [2.05, 4.69) is 5.32 Å². The van der Waals surface area contributed by atoms with Crippen LogP contribution in [0.25, 0.3) is 0 Å². The van der Waals surface area contributed by atoms with E-state index >= 15 is 0 Å². The summed E-state index contributed by atoms with van der Waals surface area (Å²) in [7, 11) is -4.04. The van der Waals surface area contributed by atoms with E-state index in [0.717, 1.165) is 15.4 Å². The van der Waals surface area contributed by atoms with Crippen molar-refractivity contribution in [1.82, 2.24) is 0 Å². The zero-order valence-corrected chi connectivity index (χ0v) is 17.9. The molecule has 1 amide bonds. The number of carboxylic acids is 1. The molecular weight excluding hydrogens is 416 g/mol. The number of amides is 1. The number of carbonyl (C=O) groups excluding carboxylic acids is 1. The first-order valence-electron chi connectivity index (χ1n) is 9.47. The van der Waals surface area contributed by atoms with Crippen molar-refractivity contribution in [3.05, 3.63) is 89.5 Å². The molecule has 3 aromatic carbocycles. The summed E-state index contributed by atoms with van der Waals surface area (Å²) in [5, 5.41) is 11.8. The van der Waals surface area contributed by atoms with Crippen LogP contribution in [0.15, 0.2) is 77.7 Å². The van der Waals surface area contributed by atoms with Gasteiger partial charge in [-0.25, -0.2) is 13.2 Å². The summed E-state index contributed by atoms with van der Waals surface area (Å²) in [6, 6.07) is 19.0. The van der Waals surface area contributed by atoms with Gasteiger partial charge in [-0.1, -0.05) is 47.5 Å². The number of aryl methyl sites for hydroxylation is 2. The van der Waals surface area contributed by atoms with Gasteiger partial charge in [0.25, 0.3) is 10.0 Å². The first-order chi connectivity index (χ1) is 14.7. The van der Waals surface area contributed by atoms with Crippen molar-refractivity contribution in [2.45, 2.75) is 18.7 Å². The lowest BCUT2D eigenvalue weighted by Crippen LogP contribution is -2.38. The van der Waals surface area contributed by atoms with Crippen molar-refractivity contribution in [2.24, 2.45) is 0 Å². The number of aromatic carboxylic acids is 1. The Bertz CT molecular complexity index is 1200. The van der Waals surface area contributed by atoms with Crippen LogP contribution in [0.3, 0.4) is 0 Å². The maximum Gasteiger partial charge on any atom is 0.337 e. The number of benzene rings is 3. The minimum Gasteiger partial charge on any atom is -0.478 e. The van der Waals surface area contributed by atoms with E-state index in [-0.39, 0.29) is 16.1 Å². The monoisotopic (exact) mass is 438 g/mol.